The molecule has 0 aromatic heterocycles. The van der Waals surface area contributed by atoms with E-state index < -0.39 is 0 Å². The largest absolute Gasteiger partial charge is 0.348 e. The van der Waals surface area contributed by atoms with Crippen molar-refractivity contribution in [3.05, 3.63) is 35.9 Å². The second kappa shape index (κ2) is 8.18. The van der Waals surface area contributed by atoms with E-state index in [0.29, 0.717) is 6.54 Å². The lowest BCUT2D eigenvalue weighted by atomic mass is 10.0. The van der Waals surface area contributed by atoms with E-state index in [2.05, 4.69) is 36.2 Å². The van der Waals surface area contributed by atoms with Gasteiger partial charge in [-0.3, -0.25) is 9.69 Å². The highest BCUT2D eigenvalue weighted by molar-refractivity contribution is 5.78. The van der Waals surface area contributed by atoms with Crippen molar-refractivity contribution in [3.63, 3.8) is 0 Å². The van der Waals surface area contributed by atoms with E-state index in [1.807, 2.05) is 18.2 Å². The van der Waals surface area contributed by atoms with Crippen LogP contribution in [0.2, 0.25) is 0 Å². The molecule has 1 aliphatic rings. The van der Waals surface area contributed by atoms with Crippen molar-refractivity contribution in [2.75, 3.05) is 19.6 Å². The molecule has 0 heterocycles. The fourth-order valence-corrected chi connectivity index (χ4v) is 2.71. The maximum atomic E-state index is 12.3. The summed E-state index contributed by atoms with van der Waals surface area (Å²) in [6.45, 7) is 6.85. The summed E-state index contributed by atoms with van der Waals surface area (Å²) in [7, 11) is 0. The van der Waals surface area contributed by atoms with Crippen LogP contribution in [0.15, 0.2) is 30.3 Å². The maximum Gasteiger partial charge on any atom is 0.234 e. The predicted molar refractivity (Wildman–Crippen MR) is 87.1 cm³/mol. The molecular weight excluding hydrogens is 260 g/mol. The first kappa shape index (κ1) is 16.0. The molecule has 1 saturated carbocycles. The zero-order valence-corrected chi connectivity index (χ0v) is 13.3. The van der Waals surface area contributed by atoms with E-state index in [1.165, 1.54) is 18.4 Å². The van der Waals surface area contributed by atoms with Crippen molar-refractivity contribution in [1.29, 1.82) is 0 Å². The van der Waals surface area contributed by atoms with Crippen LogP contribution in [0.3, 0.4) is 0 Å². The van der Waals surface area contributed by atoms with Crippen LogP contribution in [0.5, 0.6) is 0 Å². The molecule has 1 aromatic carbocycles. The van der Waals surface area contributed by atoms with Gasteiger partial charge in [-0.1, -0.05) is 50.6 Å². The number of hydrogen-bond acceptors (Lipinski definition) is 2. The molecule has 2 rings (SSSR count). The Balaban J connectivity index is 1.88. The molecular formula is C18H28N2O. The summed E-state index contributed by atoms with van der Waals surface area (Å²) in [5, 5.41) is 3.21. The molecule has 1 unspecified atom stereocenters. The topological polar surface area (TPSA) is 32.3 Å². The van der Waals surface area contributed by atoms with Crippen molar-refractivity contribution in [2.24, 2.45) is 5.92 Å². The van der Waals surface area contributed by atoms with Crippen molar-refractivity contribution < 1.29 is 4.79 Å². The molecule has 1 amide bonds. The van der Waals surface area contributed by atoms with Gasteiger partial charge in [-0.2, -0.15) is 0 Å². The first-order chi connectivity index (χ1) is 10.2. The van der Waals surface area contributed by atoms with Crippen molar-refractivity contribution >= 4 is 5.91 Å². The average Bonchev–Trinajstić information content (AvgIpc) is 3.31. The van der Waals surface area contributed by atoms with Crippen LogP contribution in [0, 0.1) is 5.92 Å². The van der Waals surface area contributed by atoms with Gasteiger partial charge in [0.05, 0.1) is 12.6 Å². The van der Waals surface area contributed by atoms with Gasteiger partial charge in [0.1, 0.15) is 0 Å². The highest BCUT2D eigenvalue weighted by Crippen LogP contribution is 2.29. The Morgan fingerprint density at radius 1 is 1.29 bits per heavy atom. The average molecular weight is 288 g/mol. The van der Waals surface area contributed by atoms with Gasteiger partial charge in [0, 0.05) is 6.54 Å². The molecule has 116 valence electrons. The Morgan fingerprint density at radius 2 is 2.00 bits per heavy atom. The molecule has 3 nitrogen and oxygen atoms in total. The normalized spacial score (nSPS) is 16.0. The van der Waals surface area contributed by atoms with Crippen molar-refractivity contribution in [3.8, 4) is 0 Å². The van der Waals surface area contributed by atoms with Gasteiger partial charge >= 0.3 is 0 Å². The zero-order valence-electron chi connectivity index (χ0n) is 13.3. The lowest BCUT2D eigenvalue weighted by Gasteiger charge is -2.23. The van der Waals surface area contributed by atoms with Crippen LogP contribution in [0.1, 0.15) is 51.1 Å². The molecule has 21 heavy (non-hydrogen) atoms. The van der Waals surface area contributed by atoms with Gasteiger partial charge < -0.3 is 5.32 Å². The minimum atomic E-state index is 0.142. The lowest BCUT2D eigenvalue weighted by molar-refractivity contribution is -0.123. The number of nitrogens with one attached hydrogen (secondary N) is 1. The van der Waals surface area contributed by atoms with Crippen LogP contribution < -0.4 is 5.32 Å². The highest BCUT2D eigenvalue weighted by Gasteiger charge is 2.25. The molecule has 0 aliphatic heterocycles. The Morgan fingerprint density at radius 3 is 2.57 bits per heavy atom. The van der Waals surface area contributed by atoms with E-state index in [-0.39, 0.29) is 11.9 Å². The summed E-state index contributed by atoms with van der Waals surface area (Å²) >= 11 is 0. The lowest BCUT2D eigenvalue weighted by Crippen LogP contribution is -2.39. The summed E-state index contributed by atoms with van der Waals surface area (Å²) in [5.74, 6) is 0.984. The fourth-order valence-electron chi connectivity index (χ4n) is 2.71. The van der Waals surface area contributed by atoms with Crippen molar-refractivity contribution in [2.45, 2.75) is 45.6 Å². The highest BCUT2D eigenvalue weighted by atomic mass is 16.2. The third-order valence-corrected chi connectivity index (χ3v) is 4.14. The summed E-state index contributed by atoms with van der Waals surface area (Å²) in [6, 6.07) is 10.4. The van der Waals surface area contributed by atoms with Gasteiger partial charge in [-0.05, 0) is 37.3 Å². The summed E-state index contributed by atoms with van der Waals surface area (Å²) < 4.78 is 0. The predicted octanol–water partition coefficient (Wildman–Crippen LogP) is 3.38. The number of benzene rings is 1. The van der Waals surface area contributed by atoms with Gasteiger partial charge in [-0.25, -0.2) is 0 Å². The van der Waals surface area contributed by atoms with Crippen LogP contribution in [-0.4, -0.2) is 30.4 Å². The molecule has 1 atom stereocenters. The quantitative estimate of drug-likeness (QED) is 0.755. The first-order valence-electron chi connectivity index (χ1n) is 8.29. The minimum absolute atomic E-state index is 0.142. The van der Waals surface area contributed by atoms with E-state index >= 15 is 0 Å². The Labute approximate surface area is 128 Å². The third kappa shape index (κ3) is 5.50. The molecule has 0 bridgehead atoms. The number of carbonyl (C=O) groups excluding carboxylic acids is 1. The maximum absolute atomic E-state index is 12.3. The van der Waals surface area contributed by atoms with E-state index in [0.717, 1.165) is 31.8 Å². The fraction of sp³-hybridized carbons (Fsp3) is 0.611. The number of carbonyl (C=O) groups is 1. The van der Waals surface area contributed by atoms with Gasteiger partial charge in [0.2, 0.25) is 5.91 Å². The monoisotopic (exact) mass is 288 g/mol. The molecule has 0 saturated heterocycles. The molecule has 1 aliphatic carbocycles. The van der Waals surface area contributed by atoms with Gasteiger partial charge in [0.15, 0.2) is 0 Å². The van der Waals surface area contributed by atoms with Crippen LogP contribution in [0.25, 0.3) is 0 Å². The molecule has 3 heteroatoms. The molecule has 1 aromatic rings. The van der Waals surface area contributed by atoms with E-state index in [4.69, 9.17) is 0 Å². The summed E-state index contributed by atoms with van der Waals surface area (Å²) in [6.07, 6.45) is 4.73. The summed E-state index contributed by atoms with van der Waals surface area (Å²) in [5.41, 5.74) is 1.21. The van der Waals surface area contributed by atoms with E-state index in [1.54, 1.807) is 0 Å². The SMILES string of the molecule is CCCC(NC(=O)CN(CC)CC1CC1)c1ccccc1. The second-order valence-corrected chi connectivity index (χ2v) is 6.09. The van der Waals surface area contributed by atoms with E-state index in [9.17, 15) is 4.79 Å². The molecule has 0 spiro atoms. The smallest absolute Gasteiger partial charge is 0.234 e. The standard InChI is InChI=1S/C18H28N2O/c1-3-8-17(16-9-6-5-7-10-16)19-18(21)14-20(4-2)13-15-11-12-15/h5-7,9-10,15,17H,3-4,8,11-14H2,1-2H3,(H,19,21). The number of rotatable bonds is 9. The Hall–Kier alpha value is -1.35. The number of nitrogens with zero attached hydrogens (tertiary/aromatic N) is 1. The summed E-state index contributed by atoms with van der Waals surface area (Å²) in [4.78, 5) is 14.6. The third-order valence-electron chi connectivity index (χ3n) is 4.14. The first-order valence-corrected chi connectivity index (χ1v) is 8.29. The number of amides is 1. The number of likely N-dealkylation sites (N-methyl/N-ethyl adjacent to an activating group) is 1. The van der Waals surface area contributed by atoms with Gasteiger partial charge in [-0.15, -0.1) is 0 Å². The minimum Gasteiger partial charge on any atom is -0.348 e. The molecule has 1 fully saturated rings. The molecule has 0 radical (unpaired) electrons. The van der Waals surface area contributed by atoms with Crippen LogP contribution >= 0.6 is 0 Å². The number of hydrogen-bond donors (Lipinski definition) is 1. The Bertz CT molecular complexity index is 428. The van der Waals surface area contributed by atoms with Crippen molar-refractivity contribution in [1.82, 2.24) is 10.2 Å². The zero-order chi connectivity index (χ0) is 15.1. The van der Waals surface area contributed by atoms with Crippen LogP contribution in [-0.2, 0) is 4.79 Å². The van der Waals surface area contributed by atoms with Gasteiger partial charge in [0.25, 0.3) is 0 Å². The molecule has 1 N–H and O–H groups in total. The Kier molecular flexibility index (Phi) is 6.24. The van der Waals surface area contributed by atoms with Crippen LogP contribution in [0.4, 0.5) is 0 Å². The second-order valence-electron chi connectivity index (χ2n) is 6.09.